The molecule has 0 atom stereocenters. The number of nitro groups is 1. The van der Waals surface area contributed by atoms with Crippen LogP contribution in [-0.4, -0.2) is 15.1 Å². The number of aromatic nitrogens is 2. The van der Waals surface area contributed by atoms with Gasteiger partial charge in [0.25, 0.3) is 5.69 Å². The summed E-state index contributed by atoms with van der Waals surface area (Å²) in [6.45, 7) is 0.782. The summed E-state index contributed by atoms with van der Waals surface area (Å²) in [6.07, 6.45) is 1.23. The number of nitrogens with one attached hydrogen (secondary N) is 1. The molecule has 1 aromatic heterocycles. The highest BCUT2D eigenvalue weighted by Crippen LogP contribution is 2.21. The molecule has 0 saturated heterocycles. The topological polar surface area (TPSA) is 94.1 Å². The van der Waals surface area contributed by atoms with Crippen molar-refractivity contribution in [2.45, 2.75) is 13.1 Å². The van der Waals surface area contributed by atoms with Crippen LogP contribution < -0.4 is 5.32 Å². The van der Waals surface area contributed by atoms with Crippen molar-refractivity contribution in [2.75, 3.05) is 0 Å². The van der Waals surface area contributed by atoms with E-state index in [1.165, 1.54) is 24.6 Å². The van der Waals surface area contributed by atoms with E-state index >= 15 is 0 Å². The van der Waals surface area contributed by atoms with Gasteiger partial charge in [-0.25, -0.2) is 0 Å². The minimum Gasteiger partial charge on any atom is -0.343 e. The monoisotopic (exact) mass is 268 g/mol. The van der Waals surface area contributed by atoms with Crippen LogP contribution in [0.1, 0.15) is 11.4 Å². The number of nitrogens with zero attached hydrogens (tertiary/aromatic N) is 3. The second-order valence-corrected chi connectivity index (χ2v) is 3.89. The minimum absolute atomic E-state index is 0.00996. The fourth-order valence-electron chi connectivity index (χ4n) is 1.39. The summed E-state index contributed by atoms with van der Waals surface area (Å²) in [5, 5.41) is 17.8. The number of hydrogen-bond donors (Lipinski definition) is 1. The number of non-ortho nitro benzene ring substituents is 1. The molecule has 1 aromatic carbocycles. The molecule has 18 heavy (non-hydrogen) atoms. The first-order valence-electron chi connectivity index (χ1n) is 5.05. The first kappa shape index (κ1) is 12.5. The normalized spacial score (nSPS) is 10.5. The number of halogens is 1. The Balaban J connectivity index is 2.00. The molecule has 0 aliphatic rings. The summed E-state index contributed by atoms with van der Waals surface area (Å²) < 4.78 is 4.58. The minimum atomic E-state index is -0.459. The van der Waals surface area contributed by atoms with Crippen LogP contribution >= 0.6 is 11.6 Å². The largest absolute Gasteiger partial charge is 0.343 e. The Kier molecular flexibility index (Phi) is 3.85. The van der Waals surface area contributed by atoms with E-state index in [2.05, 4.69) is 20.0 Å². The van der Waals surface area contributed by atoms with Gasteiger partial charge in [-0.05, 0) is 11.6 Å². The summed E-state index contributed by atoms with van der Waals surface area (Å²) in [5.74, 6) is 0.511. The molecule has 8 heteroatoms. The van der Waals surface area contributed by atoms with Gasteiger partial charge in [0.15, 0.2) is 5.82 Å². The molecule has 0 saturated carbocycles. The molecule has 0 radical (unpaired) electrons. The van der Waals surface area contributed by atoms with Crippen molar-refractivity contribution in [2.24, 2.45) is 0 Å². The maximum Gasteiger partial charge on any atom is 0.269 e. The van der Waals surface area contributed by atoms with E-state index in [1.807, 2.05) is 0 Å². The van der Waals surface area contributed by atoms with Gasteiger partial charge in [-0.1, -0.05) is 16.8 Å². The van der Waals surface area contributed by atoms with Gasteiger partial charge in [-0.2, -0.15) is 4.98 Å². The molecule has 2 aromatic rings. The van der Waals surface area contributed by atoms with Crippen molar-refractivity contribution in [1.82, 2.24) is 15.5 Å². The smallest absolute Gasteiger partial charge is 0.269 e. The van der Waals surface area contributed by atoms with Gasteiger partial charge in [0.1, 0.15) is 0 Å². The third-order valence-electron chi connectivity index (χ3n) is 2.25. The molecule has 0 unspecified atom stereocenters. The molecule has 7 nitrogen and oxygen atoms in total. The van der Waals surface area contributed by atoms with Crippen LogP contribution in [0.25, 0.3) is 0 Å². The van der Waals surface area contributed by atoms with Crippen LogP contribution in [0.4, 0.5) is 5.69 Å². The Labute approximate surface area is 107 Å². The van der Waals surface area contributed by atoms with E-state index in [0.717, 1.165) is 0 Å². The van der Waals surface area contributed by atoms with Crippen LogP contribution in [0.15, 0.2) is 29.1 Å². The maximum atomic E-state index is 10.6. The number of benzene rings is 1. The van der Waals surface area contributed by atoms with E-state index in [-0.39, 0.29) is 5.69 Å². The highest BCUT2D eigenvalue weighted by atomic mass is 35.5. The summed E-state index contributed by atoms with van der Waals surface area (Å²) in [5.41, 5.74) is 0.658. The fraction of sp³-hybridized carbons (Fsp3) is 0.200. The highest BCUT2D eigenvalue weighted by molar-refractivity contribution is 6.31. The lowest BCUT2D eigenvalue weighted by atomic mass is 10.2. The van der Waals surface area contributed by atoms with Crippen LogP contribution in [-0.2, 0) is 13.1 Å². The molecule has 0 aliphatic heterocycles. The first-order valence-corrected chi connectivity index (χ1v) is 5.43. The van der Waals surface area contributed by atoms with Crippen LogP contribution in [0.2, 0.25) is 5.02 Å². The third-order valence-corrected chi connectivity index (χ3v) is 2.61. The lowest BCUT2D eigenvalue weighted by molar-refractivity contribution is -0.384. The Morgan fingerprint density at radius 1 is 1.44 bits per heavy atom. The number of rotatable bonds is 5. The molecular formula is C10H9ClN4O3. The lowest BCUT2D eigenvalue weighted by Crippen LogP contribution is -2.14. The van der Waals surface area contributed by atoms with E-state index < -0.39 is 4.92 Å². The van der Waals surface area contributed by atoms with E-state index in [0.29, 0.717) is 29.5 Å². The molecular weight excluding hydrogens is 260 g/mol. The molecule has 1 N–H and O–H groups in total. The van der Waals surface area contributed by atoms with Crippen molar-refractivity contribution < 1.29 is 9.45 Å². The summed E-state index contributed by atoms with van der Waals surface area (Å²) >= 11 is 5.95. The van der Waals surface area contributed by atoms with Gasteiger partial charge in [0.05, 0.1) is 11.5 Å². The van der Waals surface area contributed by atoms with Gasteiger partial charge >= 0.3 is 0 Å². The zero-order chi connectivity index (χ0) is 13.0. The lowest BCUT2D eigenvalue weighted by Gasteiger charge is -2.04. The Bertz CT molecular complexity index is 544. The molecule has 0 spiro atoms. The number of hydrogen-bond acceptors (Lipinski definition) is 6. The van der Waals surface area contributed by atoms with Gasteiger partial charge in [-0.3, -0.25) is 10.1 Å². The van der Waals surface area contributed by atoms with Gasteiger partial charge in [0, 0.05) is 23.7 Å². The Morgan fingerprint density at radius 2 is 2.28 bits per heavy atom. The van der Waals surface area contributed by atoms with Crippen molar-refractivity contribution in [3.8, 4) is 0 Å². The third kappa shape index (κ3) is 3.02. The predicted molar refractivity (Wildman–Crippen MR) is 62.9 cm³/mol. The molecule has 0 amide bonds. The maximum absolute atomic E-state index is 10.6. The van der Waals surface area contributed by atoms with E-state index in [1.54, 1.807) is 0 Å². The molecule has 1 heterocycles. The zero-order valence-electron chi connectivity index (χ0n) is 9.17. The van der Waals surface area contributed by atoms with Crippen molar-refractivity contribution in [1.29, 1.82) is 0 Å². The zero-order valence-corrected chi connectivity index (χ0v) is 9.92. The summed E-state index contributed by atoms with van der Waals surface area (Å²) in [4.78, 5) is 14.0. The van der Waals surface area contributed by atoms with Crippen LogP contribution in [0.3, 0.4) is 0 Å². The van der Waals surface area contributed by atoms with Crippen molar-refractivity contribution >= 4 is 17.3 Å². The van der Waals surface area contributed by atoms with E-state index in [4.69, 9.17) is 11.6 Å². The Morgan fingerprint density at radius 3 is 2.94 bits per heavy atom. The van der Waals surface area contributed by atoms with Crippen LogP contribution in [0, 0.1) is 10.1 Å². The molecule has 0 aliphatic carbocycles. The van der Waals surface area contributed by atoms with E-state index in [9.17, 15) is 10.1 Å². The SMILES string of the molecule is O=[N+]([O-])c1ccc(Cl)c(CNCc2ncon2)c1. The number of nitro benzene ring substituents is 1. The Hall–Kier alpha value is -1.99. The quantitative estimate of drug-likeness (QED) is 0.658. The molecule has 0 fully saturated rings. The van der Waals surface area contributed by atoms with Crippen molar-refractivity contribution in [3.05, 3.63) is 51.1 Å². The van der Waals surface area contributed by atoms with Gasteiger partial charge in [-0.15, -0.1) is 0 Å². The average molecular weight is 269 g/mol. The molecule has 0 bridgehead atoms. The van der Waals surface area contributed by atoms with Crippen molar-refractivity contribution in [3.63, 3.8) is 0 Å². The molecule has 94 valence electrons. The first-order chi connectivity index (χ1) is 8.66. The van der Waals surface area contributed by atoms with Gasteiger partial charge < -0.3 is 9.84 Å². The highest BCUT2D eigenvalue weighted by Gasteiger charge is 2.09. The summed E-state index contributed by atoms with van der Waals surface area (Å²) in [7, 11) is 0. The standard InChI is InChI=1S/C10H9ClN4O3/c11-9-2-1-8(15(16)17)3-7(9)4-12-5-10-13-6-18-14-10/h1-3,6,12H,4-5H2. The second-order valence-electron chi connectivity index (χ2n) is 3.48. The second kappa shape index (κ2) is 5.56. The summed E-state index contributed by atoms with van der Waals surface area (Å²) in [6, 6.07) is 4.31. The molecule has 2 rings (SSSR count). The van der Waals surface area contributed by atoms with Gasteiger partial charge in [0.2, 0.25) is 6.39 Å². The predicted octanol–water partition coefficient (Wildman–Crippen LogP) is 1.92. The fourth-order valence-corrected chi connectivity index (χ4v) is 1.57. The average Bonchev–Trinajstić information content (AvgIpc) is 2.84. The van der Waals surface area contributed by atoms with Crippen LogP contribution in [0.5, 0.6) is 0 Å².